The summed E-state index contributed by atoms with van der Waals surface area (Å²) in [6.45, 7) is 0. The fourth-order valence-electron chi connectivity index (χ4n) is 1.67. The molecular formula is C13H11F2NO2S. The van der Waals surface area contributed by atoms with Crippen LogP contribution in [0.1, 0.15) is 5.56 Å². The van der Waals surface area contributed by atoms with Crippen molar-refractivity contribution in [3.05, 3.63) is 59.7 Å². The molecule has 0 fully saturated rings. The van der Waals surface area contributed by atoms with E-state index in [0.29, 0.717) is 0 Å². The molecule has 19 heavy (non-hydrogen) atoms. The van der Waals surface area contributed by atoms with Crippen molar-refractivity contribution in [2.45, 2.75) is 10.6 Å². The first-order valence-corrected chi connectivity index (χ1v) is 7.06. The molecule has 2 N–H and O–H groups in total. The van der Waals surface area contributed by atoms with Gasteiger partial charge in [0.15, 0.2) is 9.84 Å². The van der Waals surface area contributed by atoms with Gasteiger partial charge in [-0.2, -0.15) is 0 Å². The van der Waals surface area contributed by atoms with Gasteiger partial charge in [0, 0.05) is 11.3 Å². The van der Waals surface area contributed by atoms with Crippen LogP contribution in [0, 0.1) is 11.6 Å². The number of nitrogens with two attached hydrogens (primary N) is 1. The minimum atomic E-state index is -3.84. The standard InChI is InChI=1S/C13H11F2NO2S/c14-10-5-11(16)7-12(6-10)19(17,18)8-9-3-1-2-4-13(9)15/h1-7H,8,16H2. The number of anilines is 1. The fourth-order valence-corrected chi connectivity index (χ4v) is 3.09. The normalized spacial score (nSPS) is 11.5. The molecule has 0 bridgehead atoms. The van der Waals surface area contributed by atoms with Crippen molar-refractivity contribution in [1.29, 1.82) is 0 Å². The van der Waals surface area contributed by atoms with Crippen molar-refractivity contribution in [1.82, 2.24) is 0 Å². The van der Waals surface area contributed by atoms with E-state index in [0.717, 1.165) is 18.2 Å². The maximum atomic E-state index is 13.4. The lowest BCUT2D eigenvalue weighted by molar-refractivity contribution is 0.583. The molecule has 0 saturated heterocycles. The molecule has 0 heterocycles. The van der Waals surface area contributed by atoms with Crippen LogP contribution < -0.4 is 5.73 Å². The number of hydrogen-bond donors (Lipinski definition) is 1. The summed E-state index contributed by atoms with van der Waals surface area (Å²) in [6, 6.07) is 8.58. The number of rotatable bonds is 3. The summed E-state index contributed by atoms with van der Waals surface area (Å²) in [6.07, 6.45) is 0. The number of nitrogen functional groups attached to an aromatic ring is 1. The van der Waals surface area contributed by atoms with E-state index in [2.05, 4.69) is 0 Å². The Morgan fingerprint density at radius 3 is 2.37 bits per heavy atom. The van der Waals surface area contributed by atoms with Crippen LogP contribution >= 0.6 is 0 Å². The summed E-state index contributed by atoms with van der Waals surface area (Å²) in [5.74, 6) is -1.90. The maximum absolute atomic E-state index is 13.4. The van der Waals surface area contributed by atoms with Gasteiger partial charge < -0.3 is 5.73 Å². The van der Waals surface area contributed by atoms with Crippen molar-refractivity contribution >= 4 is 15.5 Å². The van der Waals surface area contributed by atoms with Gasteiger partial charge in [0.25, 0.3) is 0 Å². The highest BCUT2D eigenvalue weighted by Gasteiger charge is 2.18. The number of sulfone groups is 1. The Morgan fingerprint density at radius 2 is 1.74 bits per heavy atom. The maximum Gasteiger partial charge on any atom is 0.182 e. The molecule has 2 aromatic rings. The molecule has 0 aliphatic heterocycles. The van der Waals surface area contributed by atoms with Crippen LogP contribution in [0.3, 0.4) is 0 Å². The van der Waals surface area contributed by atoms with Crippen molar-refractivity contribution in [3.63, 3.8) is 0 Å². The first-order chi connectivity index (χ1) is 8.88. The second-order valence-corrected chi connectivity index (χ2v) is 6.06. The van der Waals surface area contributed by atoms with E-state index >= 15 is 0 Å². The smallest absolute Gasteiger partial charge is 0.182 e. The quantitative estimate of drug-likeness (QED) is 0.880. The number of halogens is 2. The Morgan fingerprint density at radius 1 is 1.05 bits per heavy atom. The summed E-state index contributed by atoms with van der Waals surface area (Å²) < 4.78 is 50.7. The lowest BCUT2D eigenvalue weighted by Crippen LogP contribution is -2.07. The Labute approximate surface area is 109 Å². The van der Waals surface area contributed by atoms with Crippen LogP contribution in [0.25, 0.3) is 0 Å². The van der Waals surface area contributed by atoms with Crippen molar-refractivity contribution in [3.8, 4) is 0 Å². The second kappa shape index (κ2) is 4.97. The SMILES string of the molecule is Nc1cc(F)cc(S(=O)(=O)Cc2ccccc2F)c1. The van der Waals surface area contributed by atoms with Crippen LogP contribution in [0.4, 0.5) is 14.5 Å². The molecule has 0 amide bonds. The van der Waals surface area contributed by atoms with Gasteiger partial charge in [-0.15, -0.1) is 0 Å². The van der Waals surface area contributed by atoms with Crippen molar-refractivity contribution < 1.29 is 17.2 Å². The van der Waals surface area contributed by atoms with Gasteiger partial charge in [-0.3, -0.25) is 0 Å². The highest BCUT2D eigenvalue weighted by molar-refractivity contribution is 7.90. The second-order valence-electron chi connectivity index (χ2n) is 4.07. The zero-order valence-electron chi connectivity index (χ0n) is 9.81. The Hall–Kier alpha value is -1.95. The average Bonchev–Trinajstić information content (AvgIpc) is 2.31. The minimum Gasteiger partial charge on any atom is -0.399 e. The highest BCUT2D eigenvalue weighted by atomic mass is 32.2. The van der Waals surface area contributed by atoms with Gasteiger partial charge in [-0.1, -0.05) is 18.2 Å². The summed E-state index contributed by atoms with van der Waals surface area (Å²) in [4.78, 5) is -0.256. The van der Waals surface area contributed by atoms with Crippen LogP contribution in [0.15, 0.2) is 47.4 Å². The molecule has 0 aliphatic rings. The predicted molar refractivity (Wildman–Crippen MR) is 68.1 cm³/mol. The number of hydrogen-bond acceptors (Lipinski definition) is 3. The summed E-state index contributed by atoms with van der Waals surface area (Å²) >= 11 is 0. The molecule has 0 saturated carbocycles. The first kappa shape index (κ1) is 13.5. The van der Waals surface area contributed by atoms with E-state index < -0.39 is 27.2 Å². The molecule has 2 rings (SSSR count). The molecule has 2 aromatic carbocycles. The third-order valence-corrected chi connectivity index (χ3v) is 4.20. The van der Waals surface area contributed by atoms with Gasteiger partial charge in [-0.25, -0.2) is 17.2 Å². The Balaban J connectivity index is 2.41. The first-order valence-electron chi connectivity index (χ1n) is 5.41. The van der Waals surface area contributed by atoms with E-state index in [9.17, 15) is 17.2 Å². The third kappa shape index (κ3) is 3.08. The largest absolute Gasteiger partial charge is 0.399 e. The zero-order valence-corrected chi connectivity index (χ0v) is 10.6. The molecule has 6 heteroatoms. The summed E-state index contributed by atoms with van der Waals surface area (Å²) in [5.41, 5.74) is 5.44. The van der Waals surface area contributed by atoms with Crippen LogP contribution in [0.2, 0.25) is 0 Å². The van der Waals surface area contributed by atoms with E-state index in [1.807, 2.05) is 0 Å². The summed E-state index contributed by atoms with van der Waals surface area (Å²) in [7, 11) is -3.84. The predicted octanol–water partition coefficient (Wildman–Crippen LogP) is 2.52. The van der Waals surface area contributed by atoms with Crippen molar-refractivity contribution in [2.24, 2.45) is 0 Å². The van der Waals surface area contributed by atoms with Gasteiger partial charge >= 0.3 is 0 Å². The molecule has 0 aliphatic carbocycles. The third-order valence-electron chi connectivity index (χ3n) is 2.56. The molecule has 100 valence electrons. The van der Waals surface area contributed by atoms with E-state index in [1.54, 1.807) is 0 Å². The molecule has 0 radical (unpaired) electrons. The summed E-state index contributed by atoms with van der Waals surface area (Å²) in [5, 5.41) is 0. The average molecular weight is 283 g/mol. The van der Waals surface area contributed by atoms with E-state index in [-0.39, 0.29) is 16.1 Å². The van der Waals surface area contributed by atoms with Gasteiger partial charge in [0.2, 0.25) is 0 Å². The topological polar surface area (TPSA) is 60.2 Å². The van der Waals surface area contributed by atoms with E-state index in [4.69, 9.17) is 5.73 Å². The molecular weight excluding hydrogens is 272 g/mol. The van der Waals surface area contributed by atoms with E-state index in [1.165, 1.54) is 24.3 Å². The van der Waals surface area contributed by atoms with Gasteiger partial charge in [0.1, 0.15) is 11.6 Å². The monoisotopic (exact) mass is 283 g/mol. The fraction of sp³-hybridized carbons (Fsp3) is 0.0769. The van der Waals surface area contributed by atoms with Gasteiger partial charge in [0.05, 0.1) is 10.6 Å². The molecule has 0 aromatic heterocycles. The molecule has 3 nitrogen and oxygen atoms in total. The molecule has 0 atom stereocenters. The van der Waals surface area contributed by atoms with Crippen molar-refractivity contribution in [2.75, 3.05) is 5.73 Å². The highest BCUT2D eigenvalue weighted by Crippen LogP contribution is 2.21. The Bertz CT molecular complexity index is 694. The minimum absolute atomic E-state index is 0.00658. The molecule has 0 spiro atoms. The zero-order chi connectivity index (χ0) is 14.0. The number of benzene rings is 2. The van der Waals surface area contributed by atoms with Gasteiger partial charge in [-0.05, 0) is 24.3 Å². The Kier molecular flexibility index (Phi) is 3.53. The van der Waals surface area contributed by atoms with Crippen LogP contribution in [-0.4, -0.2) is 8.42 Å². The van der Waals surface area contributed by atoms with Crippen LogP contribution in [0.5, 0.6) is 0 Å². The lowest BCUT2D eigenvalue weighted by Gasteiger charge is -2.07. The lowest BCUT2D eigenvalue weighted by atomic mass is 10.2. The molecule has 0 unspecified atom stereocenters. The van der Waals surface area contributed by atoms with Crippen LogP contribution in [-0.2, 0) is 15.6 Å².